The van der Waals surface area contributed by atoms with Crippen molar-refractivity contribution < 1.29 is 22.4 Å². The number of nitrogens with zero attached hydrogens (tertiary/aromatic N) is 3. The molecule has 0 bridgehead atoms. The maximum Gasteiger partial charge on any atom is 0.417 e. The average molecular weight is 398 g/mol. The van der Waals surface area contributed by atoms with E-state index in [0.717, 1.165) is 17.8 Å². The van der Waals surface area contributed by atoms with Gasteiger partial charge in [0.15, 0.2) is 11.5 Å². The van der Waals surface area contributed by atoms with Gasteiger partial charge in [-0.2, -0.15) is 13.2 Å². The van der Waals surface area contributed by atoms with Gasteiger partial charge in [0.25, 0.3) is 0 Å². The summed E-state index contributed by atoms with van der Waals surface area (Å²) in [5, 5.41) is 10.2. The van der Waals surface area contributed by atoms with Gasteiger partial charge in [0.2, 0.25) is 5.91 Å². The summed E-state index contributed by atoms with van der Waals surface area (Å²) in [7, 11) is 0. The van der Waals surface area contributed by atoms with Gasteiger partial charge in [0.1, 0.15) is 5.82 Å². The Bertz CT molecular complexity index is 940. The number of nitrogens with one attached hydrogen (secondary N) is 1. The summed E-state index contributed by atoms with van der Waals surface area (Å²) >= 11 is 1.34. The summed E-state index contributed by atoms with van der Waals surface area (Å²) in [4.78, 5) is 11.9. The van der Waals surface area contributed by atoms with Crippen LogP contribution in [0.1, 0.15) is 17.0 Å². The third-order valence-electron chi connectivity index (χ3n) is 3.66. The van der Waals surface area contributed by atoms with E-state index in [-0.39, 0.29) is 35.5 Å². The normalized spacial score (nSPS) is 11.7. The molecule has 5 nitrogen and oxygen atoms in total. The number of amides is 1. The fourth-order valence-electron chi connectivity index (χ4n) is 2.30. The first-order chi connectivity index (χ1) is 12.8. The van der Waals surface area contributed by atoms with Crippen LogP contribution in [-0.2, 0) is 23.3 Å². The number of alkyl halides is 3. The number of hydrogen-bond acceptors (Lipinski definition) is 4. The Morgan fingerprint density at radius 3 is 2.56 bits per heavy atom. The number of carbonyl (C=O) groups is 1. The van der Waals surface area contributed by atoms with E-state index in [1.165, 1.54) is 34.4 Å². The second-order valence-electron chi connectivity index (χ2n) is 5.66. The Balaban J connectivity index is 1.54. The van der Waals surface area contributed by atoms with Crippen molar-refractivity contribution in [3.8, 4) is 0 Å². The molecule has 10 heteroatoms. The molecule has 3 aromatic rings. The predicted molar refractivity (Wildman–Crippen MR) is 92.4 cm³/mol. The van der Waals surface area contributed by atoms with E-state index in [2.05, 4.69) is 15.5 Å². The molecule has 0 aliphatic rings. The molecule has 0 radical (unpaired) electrons. The molecule has 0 unspecified atom stereocenters. The molecule has 1 amide bonds. The van der Waals surface area contributed by atoms with Gasteiger partial charge in [-0.25, -0.2) is 4.39 Å². The smallest absolute Gasteiger partial charge is 0.348 e. The fraction of sp³-hybridized carbons (Fsp3) is 0.235. The average Bonchev–Trinajstić information content (AvgIpc) is 3.03. The first-order valence-corrected chi connectivity index (χ1v) is 8.98. The van der Waals surface area contributed by atoms with Crippen LogP contribution in [0.2, 0.25) is 0 Å². The van der Waals surface area contributed by atoms with E-state index in [0.29, 0.717) is 5.75 Å². The lowest BCUT2D eigenvalue weighted by atomic mass is 10.2. The summed E-state index contributed by atoms with van der Waals surface area (Å²) in [5.41, 5.74) is 0.326. The van der Waals surface area contributed by atoms with Crippen molar-refractivity contribution >= 4 is 23.3 Å². The van der Waals surface area contributed by atoms with Crippen molar-refractivity contribution in [3.63, 3.8) is 0 Å². The zero-order valence-corrected chi connectivity index (χ0v) is 14.6. The van der Waals surface area contributed by atoms with Crippen LogP contribution in [0.4, 0.5) is 17.6 Å². The molecule has 0 fully saturated rings. The van der Waals surface area contributed by atoms with Crippen LogP contribution in [0.3, 0.4) is 0 Å². The van der Waals surface area contributed by atoms with E-state index in [1.807, 2.05) is 0 Å². The van der Waals surface area contributed by atoms with Crippen molar-refractivity contribution in [1.29, 1.82) is 0 Å². The maximum atomic E-state index is 12.8. The van der Waals surface area contributed by atoms with Crippen LogP contribution in [0.15, 0.2) is 42.6 Å². The highest BCUT2D eigenvalue weighted by Gasteiger charge is 2.31. The molecule has 0 aliphatic carbocycles. The van der Waals surface area contributed by atoms with Gasteiger partial charge in [-0.3, -0.25) is 9.20 Å². The third-order valence-corrected chi connectivity index (χ3v) is 4.66. The summed E-state index contributed by atoms with van der Waals surface area (Å²) in [6.07, 6.45) is -3.57. The van der Waals surface area contributed by atoms with Gasteiger partial charge in [-0.05, 0) is 29.8 Å². The molecule has 0 saturated heterocycles. The second-order valence-corrected chi connectivity index (χ2v) is 6.64. The summed E-state index contributed by atoms with van der Waals surface area (Å²) in [6.45, 7) is -0.0432. The summed E-state index contributed by atoms with van der Waals surface area (Å²) < 4.78 is 52.5. The zero-order valence-electron chi connectivity index (χ0n) is 13.8. The maximum absolute atomic E-state index is 12.8. The van der Waals surface area contributed by atoms with Gasteiger partial charge in [-0.1, -0.05) is 12.1 Å². The number of fused-ring (bicyclic) bond motifs is 1. The topological polar surface area (TPSA) is 59.3 Å². The number of pyridine rings is 1. The van der Waals surface area contributed by atoms with Gasteiger partial charge >= 0.3 is 6.18 Å². The number of carbonyl (C=O) groups excluding carboxylic acids is 1. The predicted octanol–water partition coefficient (Wildman–Crippen LogP) is 3.44. The van der Waals surface area contributed by atoms with Gasteiger partial charge in [-0.15, -0.1) is 22.0 Å². The van der Waals surface area contributed by atoms with Gasteiger partial charge in [0.05, 0.1) is 17.9 Å². The van der Waals surface area contributed by atoms with Crippen LogP contribution in [0.5, 0.6) is 0 Å². The Morgan fingerprint density at radius 2 is 1.85 bits per heavy atom. The minimum Gasteiger partial charge on any atom is -0.348 e. The molecule has 1 aromatic carbocycles. The molecule has 2 heterocycles. The lowest BCUT2D eigenvalue weighted by Crippen LogP contribution is -2.25. The number of hydrogen-bond donors (Lipinski definition) is 1. The lowest BCUT2D eigenvalue weighted by Gasteiger charge is -2.08. The minimum absolute atomic E-state index is 0.0432. The van der Waals surface area contributed by atoms with Crippen molar-refractivity contribution in [1.82, 2.24) is 19.9 Å². The van der Waals surface area contributed by atoms with E-state index in [9.17, 15) is 22.4 Å². The highest BCUT2D eigenvalue weighted by atomic mass is 32.2. The standard InChI is InChI=1S/C17H14F4N4OS/c18-13-4-1-11(2-5-13)9-27-10-16(26)22-7-15-24-23-14-6-3-12(8-25(14)15)17(19,20)21/h1-6,8H,7,9-10H2,(H,22,26). The Labute approximate surface area is 155 Å². The third kappa shape index (κ3) is 4.97. The number of rotatable bonds is 6. The molecule has 1 N–H and O–H groups in total. The summed E-state index contributed by atoms with van der Waals surface area (Å²) in [5.74, 6) is 0.285. The first-order valence-electron chi connectivity index (χ1n) is 7.82. The molecular weight excluding hydrogens is 384 g/mol. The van der Waals surface area contributed by atoms with Crippen molar-refractivity contribution in [3.05, 3.63) is 65.4 Å². The van der Waals surface area contributed by atoms with Crippen LogP contribution in [0.25, 0.3) is 5.65 Å². The van der Waals surface area contributed by atoms with E-state index in [4.69, 9.17) is 0 Å². The summed E-state index contributed by atoms with van der Waals surface area (Å²) in [6, 6.07) is 8.13. The van der Waals surface area contributed by atoms with Gasteiger partial charge < -0.3 is 5.32 Å². The van der Waals surface area contributed by atoms with Crippen LogP contribution < -0.4 is 5.32 Å². The Hall–Kier alpha value is -2.62. The molecule has 3 rings (SSSR count). The fourth-order valence-corrected chi connectivity index (χ4v) is 3.12. The molecule has 0 aliphatic heterocycles. The van der Waals surface area contributed by atoms with Gasteiger partial charge in [0, 0.05) is 11.9 Å². The number of halogens is 4. The number of aromatic nitrogens is 3. The Morgan fingerprint density at radius 1 is 1.11 bits per heavy atom. The quantitative estimate of drug-likeness (QED) is 0.647. The van der Waals surface area contributed by atoms with Crippen LogP contribution in [-0.4, -0.2) is 26.3 Å². The highest BCUT2D eigenvalue weighted by Crippen LogP contribution is 2.29. The SMILES string of the molecule is O=C(CSCc1ccc(F)cc1)NCc1nnc2ccc(C(F)(F)F)cn12. The largest absolute Gasteiger partial charge is 0.417 e. The Kier molecular flexibility index (Phi) is 5.64. The van der Waals surface area contributed by atoms with E-state index >= 15 is 0 Å². The number of thioether (sulfide) groups is 1. The van der Waals surface area contributed by atoms with Crippen molar-refractivity contribution in [2.24, 2.45) is 0 Å². The van der Waals surface area contributed by atoms with Crippen molar-refractivity contribution in [2.75, 3.05) is 5.75 Å². The second kappa shape index (κ2) is 7.95. The first kappa shape index (κ1) is 19.2. The zero-order chi connectivity index (χ0) is 19.4. The molecule has 0 spiro atoms. The molecule has 142 valence electrons. The molecule has 2 aromatic heterocycles. The van der Waals surface area contributed by atoms with E-state index in [1.54, 1.807) is 12.1 Å². The highest BCUT2D eigenvalue weighted by molar-refractivity contribution is 7.99. The monoisotopic (exact) mass is 398 g/mol. The minimum atomic E-state index is -4.48. The van der Waals surface area contributed by atoms with Crippen LogP contribution in [0, 0.1) is 5.82 Å². The molecule has 27 heavy (non-hydrogen) atoms. The molecule has 0 atom stereocenters. The molecular formula is C17H14F4N4OS. The van der Waals surface area contributed by atoms with E-state index < -0.39 is 11.7 Å². The number of benzene rings is 1. The van der Waals surface area contributed by atoms with Crippen LogP contribution >= 0.6 is 11.8 Å². The van der Waals surface area contributed by atoms with Crippen molar-refractivity contribution in [2.45, 2.75) is 18.5 Å². The molecule has 0 saturated carbocycles. The lowest BCUT2D eigenvalue weighted by molar-refractivity contribution is -0.137.